The van der Waals surface area contributed by atoms with Gasteiger partial charge in [-0.15, -0.1) is 0 Å². The number of carboxylic acids is 3. The first-order chi connectivity index (χ1) is 15.6. The van der Waals surface area contributed by atoms with Crippen LogP contribution < -0.4 is 5.32 Å². The van der Waals surface area contributed by atoms with E-state index in [1.807, 2.05) is 0 Å². The molecule has 2 saturated heterocycles. The lowest BCUT2D eigenvalue weighted by Gasteiger charge is -2.58. The highest BCUT2D eigenvalue weighted by Gasteiger charge is 2.50. The minimum atomic E-state index is -5.08. The van der Waals surface area contributed by atoms with Crippen molar-refractivity contribution in [1.29, 1.82) is 0 Å². The fourth-order valence-electron chi connectivity index (χ4n) is 3.15. The molecule has 1 aliphatic carbocycles. The van der Waals surface area contributed by atoms with Crippen LogP contribution in [0, 0.1) is 5.41 Å². The van der Waals surface area contributed by atoms with E-state index in [0.29, 0.717) is 0 Å². The Morgan fingerprint density at radius 1 is 0.714 bits per heavy atom. The van der Waals surface area contributed by atoms with Crippen LogP contribution in [0.25, 0.3) is 0 Å². The number of hydrogen-bond donors (Lipinski definition) is 4. The number of likely N-dealkylation sites (N-methyl/N-ethyl adjacent to an activating group) is 1. The Hall–Kier alpha value is -2.34. The average Bonchev–Trinajstić information content (AvgIpc) is 2.60. The zero-order chi connectivity index (χ0) is 27.8. The highest BCUT2D eigenvalue weighted by molar-refractivity contribution is 5.73. The van der Waals surface area contributed by atoms with Crippen molar-refractivity contribution < 1.29 is 69.2 Å². The molecule has 3 fully saturated rings. The molecule has 2 heterocycles. The average molecular weight is 537 g/mol. The lowest BCUT2D eigenvalue weighted by Crippen LogP contribution is -2.66. The molecule has 206 valence electrons. The van der Waals surface area contributed by atoms with Gasteiger partial charge in [0.15, 0.2) is 0 Å². The van der Waals surface area contributed by atoms with Gasteiger partial charge in [0.2, 0.25) is 0 Å². The Kier molecular flexibility index (Phi) is 11.7. The smallest absolute Gasteiger partial charge is 0.475 e. The lowest BCUT2D eigenvalue weighted by molar-refractivity contribution is -0.193. The number of aliphatic carboxylic acids is 3. The van der Waals surface area contributed by atoms with Gasteiger partial charge >= 0.3 is 36.4 Å². The summed E-state index contributed by atoms with van der Waals surface area (Å²) >= 11 is 0. The summed E-state index contributed by atoms with van der Waals surface area (Å²) in [4.78, 5) is 31.8. The first-order valence-electron chi connectivity index (χ1n) is 9.64. The van der Waals surface area contributed by atoms with Gasteiger partial charge in [-0.1, -0.05) is 0 Å². The largest absolute Gasteiger partial charge is 0.490 e. The summed E-state index contributed by atoms with van der Waals surface area (Å²) < 4.78 is 95.2. The van der Waals surface area contributed by atoms with E-state index in [1.54, 1.807) is 0 Å². The molecular formula is C17H24F9N3O6. The van der Waals surface area contributed by atoms with Crippen LogP contribution in [0.4, 0.5) is 39.5 Å². The molecule has 0 aromatic carbocycles. The summed E-state index contributed by atoms with van der Waals surface area (Å²) in [5.41, 5.74) is 0.744. The van der Waals surface area contributed by atoms with E-state index < -0.39 is 36.4 Å². The molecule has 9 nitrogen and oxygen atoms in total. The van der Waals surface area contributed by atoms with Crippen molar-refractivity contribution in [3.05, 3.63) is 0 Å². The van der Waals surface area contributed by atoms with Gasteiger partial charge in [0.25, 0.3) is 0 Å². The molecule has 0 bridgehead atoms. The number of hydrogen-bond acceptors (Lipinski definition) is 6. The predicted molar refractivity (Wildman–Crippen MR) is 98.5 cm³/mol. The monoisotopic (exact) mass is 537 g/mol. The van der Waals surface area contributed by atoms with Crippen LogP contribution in [-0.2, 0) is 14.4 Å². The van der Waals surface area contributed by atoms with Crippen LogP contribution in [0.1, 0.15) is 12.8 Å². The number of carboxylic acid groups (broad SMARTS) is 3. The summed E-state index contributed by atoms with van der Waals surface area (Å²) in [6.45, 7) is 7.70. The molecule has 4 N–H and O–H groups in total. The SMILES string of the molecule is CN1CCN(C2CC3(CNC3)C2)CC1.O=C(O)C(F)(F)F.O=C(O)C(F)(F)F.O=C(O)C(F)(F)F. The molecule has 3 rings (SSSR count). The van der Waals surface area contributed by atoms with E-state index in [4.69, 9.17) is 29.7 Å². The zero-order valence-electron chi connectivity index (χ0n) is 18.1. The zero-order valence-corrected chi connectivity index (χ0v) is 18.1. The number of halogens is 9. The summed E-state index contributed by atoms with van der Waals surface area (Å²) in [6, 6.07) is 0.922. The van der Waals surface area contributed by atoms with Crippen LogP contribution in [0.15, 0.2) is 0 Å². The maximum atomic E-state index is 10.6. The third-order valence-electron chi connectivity index (χ3n) is 5.12. The molecule has 0 radical (unpaired) electrons. The van der Waals surface area contributed by atoms with Crippen molar-refractivity contribution in [2.75, 3.05) is 46.3 Å². The molecule has 0 aromatic heterocycles. The molecule has 2 aliphatic heterocycles. The Morgan fingerprint density at radius 2 is 1.00 bits per heavy atom. The number of nitrogens with one attached hydrogen (secondary N) is 1. The normalized spacial score (nSPS) is 20.4. The first-order valence-corrected chi connectivity index (χ1v) is 9.64. The third kappa shape index (κ3) is 12.3. The summed E-state index contributed by atoms with van der Waals surface area (Å²) in [7, 11) is 2.23. The van der Waals surface area contributed by atoms with E-state index in [-0.39, 0.29) is 0 Å². The maximum absolute atomic E-state index is 10.6. The Bertz CT molecular complexity index is 650. The standard InChI is InChI=1S/C11H21N3.3C2HF3O2/c1-13-2-4-14(5-3-13)10-6-11(7-10)8-12-9-11;3*3-2(4,5)1(6)7/h10,12H,2-9H2,1H3;3*(H,6,7). The molecule has 3 aliphatic rings. The second kappa shape index (κ2) is 12.6. The summed E-state index contributed by atoms with van der Waals surface area (Å²) in [5.74, 6) is -8.27. The summed E-state index contributed by atoms with van der Waals surface area (Å²) in [5, 5.41) is 24.8. The lowest BCUT2D eigenvalue weighted by atomic mass is 9.61. The van der Waals surface area contributed by atoms with E-state index in [9.17, 15) is 39.5 Å². The second-order valence-corrected chi connectivity index (χ2v) is 7.91. The molecule has 0 unspecified atom stereocenters. The Labute approximate surface area is 192 Å². The minimum Gasteiger partial charge on any atom is -0.475 e. The van der Waals surface area contributed by atoms with Crippen LogP contribution in [0.2, 0.25) is 0 Å². The van der Waals surface area contributed by atoms with E-state index in [2.05, 4.69) is 22.2 Å². The maximum Gasteiger partial charge on any atom is 0.490 e. The number of carbonyl (C=O) groups is 3. The first kappa shape index (κ1) is 32.7. The molecule has 0 atom stereocenters. The third-order valence-corrected chi connectivity index (χ3v) is 5.12. The molecule has 1 saturated carbocycles. The fourth-order valence-corrected chi connectivity index (χ4v) is 3.15. The number of alkyl halides is 9. The molecule has 0 amide bonds. The van der Waals surface area contributed by atoms with Gasteiger partial charge < -0.3 is 25.5 Å². The van der Waals surface area contributed by atoms with Crippen molar-refractivity contribution >= 4 is 17.9 Å². The van der Waals surface area contributed by atoms with Crippen molar-refractivity contribution in [1.82, 2.24) is 15.1 Å². The minimum absolute atomic E-state index is 0.744. The van der Waals surface area contributed by atoms with E-state index in [0.717, 1.165) is 11.5 Å². The van der Waals surface area contributed by atoms with Crippen LogP contribution >= 0.6 is 0 Å². The molecule has 35 heavy (non-hydrogen) atoms. The van der Waals surface area contributed by atoms with Crippen molar-refractivity contribution in [3.8, 4) is 0 Å². The van der Waals surface area contributed by atoms with Crippen molar-refractivity contribution in [2.45, 2.75) is 37.4 Å². The van der Waals surface area contributed by atoms with Gasteiger partial charge in [-0.25, -0.2) is 14.4 Å². The highest BCUT2D eigenvalue weighted by atomic mass is 19.4. The predicted octanol–water partition coefficient (Wildman–Crippen LogP) is 1.89. The number of nitrogens with zero attached hydrogens (tertiary/aromatic N) is 2. The van der Waals surface area contributed by atoms with Gasteiger partial charge in [-0.05, 0) is 25.3 Å². The van der Waals surface area contributed by atoms with Gasteiger partial charge in [0.1, 0.15) is 0 Å². The van der Waals surface area contributed by atoms with Crippen LogP contribution in [0.5, 0.6) is 0 Å². The summed E-state index contributed by atoms with van der Waals surface area (Å²) in [6.07, 6.45) is -12.3. The topological polar surface area (TPSA) is 130 Å². The van der Waals surface area contributed by atoms with E-state index >= 15 is 0 Å². The number of rotatable bonds is 1. The Balaban J connectivity index is 0.000000478. The Morgan fingerprint density at radius 3 is 1.20 bits per heavy atom. The molecular weight excluding hydrogens is 513 g/mol. The van der Waals surface area contributed by atoms with Crippen LogP contribution in [0.3, 0.4) is 0 Å². The molecule has 1 spiro atoms. The molecule has 18 heteroatoms. The van der Waals surface area contributed by atoms with Gasteiger partial charge in [-0.3, -0.25) is 4.90 Å². The van der Waals surface area contributed by atoms with Gasteiger partial charge in [0, 0.05) is 45.3 Å². The van der Waals surface area contributed by atoms with E-state index in [1.165, 1.54) is 52.1 Å². The highest BCUT2D eigenvalue weighted by Crippen LogP contribution is 2.46. The van der Waals surface area contributed by atoms with Crippen molar-refractivity contribution in [3.63, 3.8) is 0 Å². The number of piperazine rings is 1. The fraction of sp³-hybridized carbons (Fsp3) is 0.824. The second-order valence-electron chi connectivity index (χ2n) is 7.91. The van der Waals surface area contributed by atoms with Crippen LogP contribution in [-0.4, -0.2) is 114 Å². The van der Waals surface area contributed by atoms with Gasteiger partial charge in [0.05, 0.1) is 0 Å². The molecule has 0 aromatic rings. The van der Waals surface area contributed by atoms with Crippen molar-refractivity contribution in [2.24, 2.45) is 5.41 Å². The van der Waals surface area contributed by atoms with Gasteiger partial charge in [-0.2, -0.15) is 39.5 Å². The quantitative estimate of drug-likeness (QED) is 0.371.